The van der Waals surface area contributed by atoms with E-state index in [0.29, 0.717) is 28.0 Å². The second-order valence-electron chi connectivity index (χ2n) is 7.00. The van der Waals surface area contributed by atoms with Gasteiger partial charge >= 0.3 is 5.97 Å². The maximum atomic E-state index is 13.4. The van der Waals surface area contributed by atoms with Crippen molar-refractivity contribution in [3.63, 3.8) is 0 Å². The highest BCUT2D eigenvalue weighted by Crippen LogP contribution is 2.29. The van der Waals surface area contributed by atoms with E-state index < -0.39 is 23.8 Å². The second-order valence-corrected chi connectivity index (χ2v) is 7.00. The van der Waals surface area contributed by atoms with E-state index in [1.54, 1.807) is 37.3 Å². The van der Waals surface area contributed by atoms with Crippen molar-refractivity contribution in [3.05, 3.63) is 65.6 Å². The smallest absolute Gasteiger partial charge is 0.340 e. The number of amides is 2. The fraction of sp³-hybridized carbons (Fsp3) is 0.182. The van der Waals surface area contributed by atoms with E-state index in [0.717, 1.165) is 0 Å². The average molecular weight is 407 g/mol. The SMILES string of the molecule is Cc1nc2cc(F)ccc2cc1C(=O)O[C@H](C)C(=O)N1CC(=O)Nc2ccccc21. The van der Waals surface area contributed by atoms with E-state index in [9.17, 15) is 18.8 Å². The number of pyridine rings is 1. The lowest BCUT2D eigenvalue weighted by molar-refractivity contribution is -0.128. The van der Waals surface area contributed by atoms with Crippen LogP contribution in [0.1, 0.15) is 23.0 Å². The van der Waals surface area contributed by atoms with Gasteiger partial charge in [-0.3, -0.25) is 19.5 Å². The second kappa shape index (κ2) is 7.55. The van der Waals surface area contributed by atoms with Crippen LogP contribution >= 0.6 is 0 Å². The Kier molecular flexibility index (Phi) is 4.91. The van der Waals surface area contributed by atoms with Crippen molar-refractivity contribution in [1.82, 2.24) is 4.98 Å². The molecule has 0 saturated heterocycles. The first-order chi connectivity index (χ1) is 14.3. The van der Waals surface area contributed by atoms with Gasteiger partial charge in [-0.1, -0.05) is 12.1 Å². The Morgan fingerprint density at radius 3 is 2.77 bits per heavy atom. The molecule has 1 aliphatic heterocycles. The molecular formula is C22H18FN3O4. The molecule has 30 heavy (non-hydrogen) atoms. The summed E-state index contributed by atoms with van der Waals surface area (Å²) in [5, 5.41) is 3.28. The van der Waals surface area contributed by atoms with E-state index in [4.69, 9.17) is 4.74 Å². The topological polar surface area (TPSA) is 88.6 Å². The van der Waals surface area contributed by atoms with E-state index >= 15 is 0 Å². The molecule has 0 unspecified atom stereocenters. The summed E-state index contributed by atoms with van der Waals surface area (Å²) in [6, 6.07) is 12.5. The van der Waals surface area contributed by atoms with Gasteiger partial charge in [-0.15, -0.1) is 0 Å². The van der Waals surface area contributed by atoms with Crippen molar-refractivity contribution in [2.24, 2.45) is 0 Å². The Bertz CT molecular complexity index is 1190. The van der Waals surface area contributed by atoms with E-state index in [1.807, 2.05) is 0 Å². The van der Waals surface area contributed by atoms with Gasteiger partial charge in [-0.05, 0) is 44.2 Å². The number of para-hydroxylation sites is 2. The van der Waals surface area contributed by atoms with Gasteiger partial charge in [0.2, 0.25) is 5.91 Å². The van der Waals surface area contributed by atoms with Gasteiger partial charge in [0.15, 0.2) is 6.10 Å². The number of nitrogens with zero attached hydrogens (tertiary/aromatic N) is 2. The summed E-state index contributed by atoms with van der Waals surface area (Å²) in [6.07, 6.45) is -1.13. The summed E-state index contributed by atoms with van der Waals surface area (Å²) in [4.78, 5) is 43.1. The molecule has 1 atom stereocenters. The zero-order valence-corrected chi connectivity index (χ0v) is 16.3. The molecule has 1 N–H and O–H groups in total. The van der Waals surface area contributed by atoms with E-state index in [-0.39, 0.29) is 18.0 Å². The van der Waals surface area contributed by atoms with Gasteiger partial charge in [-0.2, -0.15) is 0 Å². The number of ether oxygens (including phenoxy) is 1. The Morgan fingerprint density at radius 2 is 1.97 bits per heavy atom. The van der Waals surface area contributed by atoms with Crippen LogP contribution in [0.2, 0.25) is 0 Å². The van der Waals surface area contributed by atoms with Gasteiger partial charge in [-0.25, -0.2) is 9.18 Å². The Balaban J connectivity index is 1.56. The van der Waals surface area contributed by atoms with E-state index in [2.05, 4.69) is 10.3 Å². The standard InChI is InChI=1S/C22H18FN3O4/c1-12-16(9-14-7-8-15(23)10-18(14)24-12)22(29)30-13(2)21(28)26-11-20(27)25-17-5-3-4-6-19(17)26/h3-10,13H,11H2,1-2H3,(H,25,27)/t13-/m1/s1. The molecule has 1 aromatic heterocycles. The van der Waals surface area contributed by atoms with Gasteiger partial charge < -0.3 is 10.1 Å². The Labute approximate surface area is 171 Å². The lowest BCUT2D eigenvalue weighted by atomic mass is 10.1. The molecule has 2 amide bonds. The molecular weight excluding hydrogens is 389 g/mol. The molecule has 8 heteroatoms. The number of halogens is 1. The Morgan fingerprint density at radius 1 is 1.20 bits per heavy atom. The third kappa shape index (κ3) is 3.59. The molecule has 2 heterocycles. The lowest BCUT2D eigenvalue weighted by Gasteiger charge is -2.30. The molecule has 0 aliphatic carbocycles. The van der Waals surface area contributed by atoms with Gasteiger partial charge in [0, 0.05) is 11.5 Å². The largest absolute Gasteiger partial charge is 0.449 e. The van der Waals surface area contributed by atoms with Crippen LogP contribution in [-0.4, -0.2) is 35.4 Å². The fourth-order valence-corrected chi connectivity index (χ4v) is 3.37. The van der Waals surface area contributed by atoms with Crippen molar-refractivity contribution < 1.29 is 23.5 Å². The summed E-state index contributed by atoms with van der Waals surface area (Å²) in [5.74, 6) is -1.99. The summed E-state index contributed by atoms with van der Waals surface area (Å²) in [6.45, 7) is 2.90. The number of benzene rings is 2. The zero-order valence-electron chi connectivity index (χ0n) is 16.3. The first-order valence-electron chi connectivity index (χ1n) is 9.31. The van der Waals surface area contributed by atoms with Crippen molar-refractivity contribution in [1.29, 1.82) is 0 Å². The summed E-state index contributed by atoms with van der Waals surface area (Å²) >= 11 is 0. The molecule has 1 aliphatic rings. The number of aryl methyl sites for hydroxylation is 1. The molecule has 7 nitrogen and oxygen atoms in total. The van der Waals surface area contributed by atoms with Crippen molar-refractivity contribution >= 4 is 40.1 Å². The van der Waals surface area contributed by atoms with Crippen molar-refractivity contribution in [3.8, 4) is 0 Å². The first-order valence-corrected chi connectivity index (χ1v) is 9.31. The van der Waals surface area contributed by atoms with Crippen molar-refractivity contribution in [2.75, 3.05) is 16.8 Å². The van der Waals surface area contributed by atoms with Crippen LogP contribution in [0.25, 0.3) is 10.9 Å². The van der Waals surface area contributed by atoms with Crippen LogP contribution in [0.4, 0.5) is 15.8 Å². The van der Waals surface area contributed by atoms with Crippen LogP contribution in [-0.2, 0) is 14.3 Å². The zero-order chi connectivity index (χ0) is 21.4. The number of carbonyl (C=O) groups excluding carboxylic acids is 3. The number of nitrogens with one attached hydrogen (secondary N) is 1. The monoisotopic (exact) mass is 407 g/mol. The number of hydrogen-bond donors (Lipinski definition) is 1. The predicted octanol–water partition coefficient (Wildman–Crippen LogP) is 3.21. The van der Waals surface area contributed by atoms with Crippen LogP contribution in [0.15, 0.2) is 48.5 Å². The minimum Gasteiger partial charge on any atom is -0.449 e. The first kappa shape index (κ1) is 19.5. The van der Waals surface area contributed by atoms with Crippen LogP contribution in [0.3, 0.4) is 0 Å². The summed E-state index contributed by atoms with van der Waals surface area (Å²) < 4.78 is 18.8. The number of hydrogen-bond acceptors (Lipinski definition) is 5. The molecule has 4 rings (SSSR count). The summed E-state index contributed by atoms with van der Waals surface area (Å²) in [7, 11) is 0. The van der Waals surface area contributed by atoms with Gasteiger partial charge in [0.25, 0.3) is 5.91 Å². The minimum atomic E-state index is -1.13. The highest BCUT2D eigenvalue weighted by molar-refractivity contribution is 6.11. The highest BCUT2D eigenvalue weighted by atomic mass is 19.1. The predicted molar refractivity (Wildman–Crippen MR) is 109 cm³/mol. The third-order valence-electron chi connectivity index (χ3n) is 4.86. The number of esters is 1. The number of aromatic nitrogens is 1. The number of rotatable bonds is 3. The molecule has 0 fully saturated rings. The number of fused-ring (bicyclic) bond motifs is 2. The maximum Gasteiger partial charge on any atom is 0.340 e. The highest BCUT2D eigenvalue weighted by Gasteiger charge is 2.31. The maximum absolute atomic E-state index is 13.4. The van der Waals surface area contributed by atoms with Crippen molar-refractivity contribution in [2.45, 2.75) is 20.0 Å². The molecule has 0 bridgehead atoms. The minimum absolute atomic E-state index is 0.167. The average Bonchev–Trinajstić information content (AvgIpc) is 2.71. The quantitative estimate of drug-likeness (QED) is 0.674. The molecule has 0 spiro atoms. The molecule has 152 valence electrons. The molecule has 0 radical (unpaired) electrons. The normalized spacial score (nSPS) is 14.1. The molecule has 0 saturated carbocycles. The number of carbonyl (C=O) groups is 3. The molecule has 2 aromatic carbocycles. The summed E-state index contributed by atoms with van der Waals surface area (Å²) in [5.41, 5.74) is 2.02. The molecule has 3 aromatic rings. The number of anilines is 2. The van der Waals surface area contributed by atoms with Crippen LogP contribution in [0.5, 0.6) is 0 Å². The van der Waals surface area contributed by atoms with Crippen LogP contribution < -0.4 is 10.2 Å². The fourth-order valence-electron chi connectivity index (χ4n) is 3.37. The van der Waals surface area contributed by atoms with Gasteiger partial charge in [0.05, 0.1) is 28.1 Å². The Hall–Kier alpha value is -3.81. The lowest BCUT2D eigenvalue weighted by Crippen LogP contribution is -2.47. The van der Waals surface area contributed by atoms with E-state index in [1.165, 1.54) is 30.0 Å². The van der Waals surface area contributed by atoms with Crippen LogP contribution in [0, 0.1) is 12.7 Å². The third-order valence-corrected chi connectivity index (χ3v) is 4.86. The van der Waals surface area contributed by atoms with Gasteiger partial charge in [0.1, 0.15) is 12.4 Å².